The number of carbonyl (C=O) groups is 1. The van der Waals surface area contributed by atoms with Crippen molar-refractivity contribution in [2.75, 3.05) is 0 Å². The lowest BCUT2D eigenvalue weighted by atomic mass is 9.69. The van der Waals surface area contributed by atoms with Crippen LogP contribution >= 0.6 is 0 Å². The maximum absolute atomic E-state index is 14.1. The Hall–Kier alpha value is -3.45. The summed E-state index contributed by atoms with van der Waals surface area (Å²) in [5.41, 5.74) is 4.68. The number of hydrogen-bond donors (Lipinski definition) is 0. The second-order valence-electron chi connectivity index (χ2n) is 10.2. The molecule has 4 aromatic rings. The standard InChI is InChI=1S/C33H32O/c34-31-25-32(21-27-13-5-1-6-14-27,22-28-15-7-2-8-16-28)26-33(31,23-29-17-9-3-10-18-29)24-30-19-11-4-12-20-30/h1-20H,21-26H2. The van der Waals surface area contributed by atoms with Crippen LogP contribution in [-0.4, -0.2) is 5.78 Å². The number of carbonyl (C=O) groups excluding carboxylic acids is 1. The molecule has 1 saturated carbocycles. The number of hydrogen-bond acceptors (Lipinski definition) is 1. The molecule has 1 aliphatic carbocycles. The lowest BCUT2D eigenvalue weighted by Crippen LogP contribution is -2.32. The minimum Gasteiger partial charge on any atom is -0.299 e. The molecule has 0 unspecified atom stereocenters. The van der Waals surface area contributed by atoms with E-state index >= 15 is 0 Å². The minimum absolute atomic E-state index is 0.0800. The molecule has 0 amide bonds. The molecule has 0 radical (unpaired) electrons. The fourth-order valence-electron chi connectivity index (χ4n) is 6.14. The van der Waals surface area contributed by atoms with Crippen LogP contribution in [-0.2, 0) is 30.5 Å². The lowest BCUT2D eigenvalue weighted by Gasteiger charge is -2.34. The summed E-state index contributed by atoms with van der Waals surface area (Å²) in [6.45, 7) is 0. The highest BCUT2D eigenvalue weighted by Gasteiger charge is 2.53. The molecule has 0 bridgehead atoms. The van der Waals surface area contributed by atoms with Crippen LogP contribution < -0.4 is 0 Å². The lowest BCUT2D eigenvalue weighted by molar-refractivity contribution is -0.125. The van der Waals surface area contributed by atoms with Crippen LogP contribution in [0.15, 0.2) is 121 Å². The zero-order chi connectivity index (χ0) is 23.3. The topological polar surface area (TPSA) is 17.1 Å². The molecule has 1 nitrogen and oxygen atoms in total. The first-order chi connectivity index (χ1) is 16.6. The van der Waals surface area contributed by atoms with E-state index < -0.39 is 0 Å². The van der Waals surface area contributed by atoms with Crippen LogP contribution in [0.5, 0.6) is 0 Å². The van der Waals surface area contributed by atoms with Crippen molar-refractivity contribution in [3.8, 4) is 0 Å². The Bertz CT molecular complexity index is 1110. The second kappa shape index (κ2) is 9.81. The molecule has 0 heterocycles. The maximum Gasteiger partial charge on any atom is 0.140 e. The first kappa shape index (κ1) is 22.3. The van der Waals surface area contributed by atoms with Gasteiger partial charge in [0.1, 0.15) is 5.78 Å². The number of benzene rings is 4. The molecule has 1 heteroatoms. The van der Waals surface area contributed by atoms with Crippen molar-refractivity contribution in [2.24, 2.45) is 10.8 Å². The van der Waals surface area contributed by atoms with E-state index in [2.05, 4.69) is 121 Å². The summed E-state index contributed by atoms with van der Waals surface area (Å²) < 4.78 is 0. The van der Waals surface area contributed by atoms with Crippen LogP contribution in [0.3, 0.4) is 0 Å². The summed E-state index contributed by atoms with van der Waals surface area (Å²) in [5, 5.41) is 0. The summed E-state index contributed by atoms with van der Waals surface area (Å²) in [6, 6.07) is 42.6. The van der Waals surface area contributed by atoms with Gasteiger partial charge in [0, 0.05) is 11.8 Å². The molecule has 0 atom stereocenters. The summed E-state index contributed by atoms with van der Waals surface area (Å²) in [6.07, 6.45) is 5.00. The third-order valence-electron chi connectivity index (χ3n) is 7.46. The molecule has 1 aliphatic rings. The first-order valence-corrected chi connectivity index (χ1v) is 12.3. The quantitative estimate of drug-likeness (QED) is 0.279. The van der Waals surface area contributed by atoms with E-state index in [0.717, 1.165) is 32.1 Å². The average Bonchev–Trinajstić information content (AvgIpc) is 3.11. The summed E-state index contributed by atoms with van der Waals surface area (Å²) in [5.74, 6) is 0.423. The van der Waals surface area contributed by atoms with Gasteiger partial charge in [0.05, 0.1) is 0 Å². The van der Waals surface area contributed by atoms with Crippen LogP contribution in [0.4, 0.5) is 0 Å². The Balaban J connectivity index is 1.55. The highest BCUT2D eigenvalue weighted by atomic mass is 16.1. The Morgan fingerprint density at radius 1 is 0.471 bits per heavy atom. The van der Waals surface area contributed by atoms with E-state index in [4.69, 9.17) is 0 Å². The van der Waals surface area contributed by atoms with E-state index in [1.54, 1.807) is 0 Å². The van der Waals surface area contributed by atoms with Crippen molar-refractivity contribution in [3.63, 3.8) is 0 Å². The molecule has 0 aromatic heterocycles. The first-order valence-electron chi connectivity index (χ1n) is 12.3. The minimum atomic E-state index is -0.383. The second-order valence-corrected chi connectivity index (χ2v) is 10.2. The monoisotopic (exact) mass is 444 g/mol. The zero-order valence-corrected chi connectivity index (χ0v) is 19.7. The summed E-state index contributed by atoms with van der Waals surface area (Å²) >= 11 is 0. The fraction of sp³-hybridized carbons (Fsp3) is 0.242. The van der Waals surface area contributed by atoms with E-state index in [-0.39, 0.29) is 10.8 Å². The number of rotatable bonds is 8. The zero-order valence-electron chi connectivity index (χ0n) is 19.7. The van der Waals surface area contributed by atoms with E-state index in [0.29, 0.717) is 12.2 Å². The van der Waals surface area contributed by atoms with Crippen molar-refractivity contribution in [2.45, 2.75) is 38.5 Å². The Kier molecular flexibility index (Phi) is 6.45. The Morgan fingerprint density at radius 3 is 1.15 bits per heavy atom. The maximum atomic E-state index is 14.1. The fourth-order valence-corrected chi connectivity index (χ4v) is 6.14. The normalized spacial score (nSPS) is 16.4. The summed E-state index contributed by atoms with van der Waals surface area (Å²) in [7, 11) is 0. The van der Waals surface area contributed by atoms with Gasteiger partial charge in [-0.2, -0.15) is 0 Å². The summed E-state index contributed by atoms with van der Waals surface area (Å²) in [4.78, 5) is 14.1. The molecular weight excluding hydrogens is 412 g/mol. The van der Waals surface area contributed by atoms with Crippen molar-refractivity contribution in [1.82, 2.24) is 0 Å². The predicted molar refractivity (Wildman–Crippen MR) is 140 cm³/mol. The third kappa shape index (κ3) is 5.04. The van der Waals surface area contributed by atoms with E-state index in [1.165, 1.54) is 22.3 Å². The highest BCUT2D eigenvalue weighted by Crippen LogP contribution is 2.53. The van der Waals surface area contributed by atoms with Gasteiger partial charge in [0.25, 0.3) is 0 Å². The SMILES string of the molecule is O=C1CC(Cc2ccccc2)(Cc2ccccc2)CC1(Cc1ccccc1)Cc1ccccc1. The molecule has 1 fully saturated rings. The Labute approximate surface area is 203 Å². The largest absolute Gasteiger partial charge is 0.299 e. The van der Waals surface area contributed by atoms with Crippen molar-refractivity contribution >= 4 is 5.78 Å². The Morgan fingerprint density at radius 2 is 0.794 bits per heavy atom. The van der Waals surface area contributed by atoms with E-state index in [9.17, 15) is 4.79 Å². The van der Waals surface area contributed by atoms with Gasteiger partial charge in [-0.1, -0.05) is 121 Å². The molecule has 5 rings (SSSR count). The molecule has 34 heavy (non-hydrogen) atoms. The van der Waals surface area contributed by atoms with E-state index in [1.807, 2.05) is 0 Å². The van der Waals surface area contributed by atoms with Gasteiger partial charge in [0.15, 0.2) is 0 Å². The molecule has 0 aliphatic heterocycles. The van der Waals surface area contributed by atoms with Gasteiger partial charge < -0.3 is 0 Å². The molecule has 0 N–H and O–H groups in total. The van der Waals surface area contributed by atoms with Crippen molar-refractivity contribution < 1.29 is 4.79 Å². The molecule has 4 aromatic carbocycles. The van der Waals surface area contributed by atoms with Crippen LogP contribution in [0.1, 0.15) is 35.1 Å². The van der Waals surface area contributed by atoms with Crippen LogP contribution in [0.25, 0.3) is 0 Å². The van der Waals surface area contributed by atoms with Gasteiger partial charge in [-0.15, -0.1) is 0 Å². The smallest absolute Gasteiger partial charge is 0.140 e. The van der Waals surface area contributed by atoms with Crippen molar-refractivity contribution in [1.29, 1.82) is 0 Å². The number of ketones is 1. The van der Waals surface area contributed by atoms with Crippen molar-refractivity contribution in [3.05, 3.63) is 144 Å². The van der Waals surface area contributed by atoms with Crippen LogP contribution in [0.2, 0.25) is 0 Å². The van der Waals surface area contributed by atoms with Gasteiger partial charge in [-0.25, -0.2) is 0 Å². The molecule has 170 valence electrons. The average molecular weight is 445 g/mol. The van der Waals surface area contributed by atoms with Gasteiger partial charge >= 0.3 is 0 Å². The molecule has 0 saturated heterocycles. The highest BCUT2D eigenvalue weighted by molar-refractivity contribution is 5.88. The van der Waals surface area contributed by atoms with Gasteiger partial charge in [0.2, 0.25) is 0 Å². The predicted octanol–water partition coefficient (Wildman–Crippen LogP) is 7.29. The third-order valence-corrected chi connectivity index (χ3v) is 7.46. The van der Waals surface area contributed by atoms with Crippen LogP contribution in [0, 0.1) is 10.8 Å². The van der Waals surface area contributed by atoms with Gasteiger partial charge in [-0.05, 0) is 59.8 Å². The van der Waals surface area contributed by atoms with Gasteiger partial charge in [-0.3, -0.25) is 4.79 Å². The number of Topliss-reactive ketones (excluding diaryl/α,β-unsaturated/α-hetero) is 1. The molecular formula is C33H32O. The molecule has 0 spiro atoms.